The Morgan fingerprint density at radius 3 is 1.55 bits per heavy atom. The number of halogens is 1. The summed E-state index contributed by atoms with van der Waals surface area (Å²) < 4.78 is 14.1. The lowest BCUT2D eigenvalue weighted by Gasteiger charge is -2.28. The molecule has 0 bridgehead atoms. The summed E-state index contributed by atoms with van der Waals surface area (Å²) in [7, 11) is 0. The van der Waals surface area contributed by atoms with Crippen molar-refractivity contribution in [1.82, 2.24) is 0 Å². The molecular formula is C19H27F. The average molecular weight is 274 g/mol. The molecule has 2 aliphatic carbocycles. The summed E-state index contributed by atoms with van der Waals surface area (Å²) in [6.07, 6.45) is 13.0. The minimum Gasteiger partial charge on any atom is -0.207 e. The van der Waals surface area contributed by atoms with E-state index in [0.717, 1.165) is 0 Å². The molecule has 0 atom stereocenters. The maximum absolute atomic E-state index is 14.1. The van der Waals surface area contributed by atoms with Crippen LogP contribution in [0.5, 0.6) is 0 Å². The number of rotatable bonds is 2. The van der Waals surface area contributed by atoms with Gasteiger partial charge in [-0.3, -0.25) is 0 Å². The summed E-state index contributed by atoms with van der Waals surface area (Å²) >= 11 is 0. The Hall–Kier alpha value is -0.850. The van der Waals surface area contributed by atoms with Crippen molar-refractivity contribution in [2.24, 2.45) is 0 Å². The molecule has 0 radical (unpaired) electrons. The molecule has 0 spiro atoms. The summed E-state index contributed by atoms with van der Waals surface area (Å²) in [5.41, 5.74) is 4.06. The maximum Gasteiger partial charge on any atom is 0.123 e. The Morgan fingerprint density at radius 2 is 1.15 bits per heavy atom. The first-order valence-corrected chi connectivity index (χ1v) is 8.55. The van der Waals surface area contributed by atoms with Gasteiger partial charge in [-0.2, -0.15) is 0 Å². The molecule has 0 aliphatic heterocycles. The SMILES string of the molecule is Cc1c(C2CCCCC2)cc(F)cc1C1CCCCC1. The van der Waals surface area contributed by atoms with Crippen molar-refractivity contribution >= 4 is 0 Å². The minimum atomic E-state index is -0.00301. The molecule has 2 fully saturated rings. The second kappa shape index (κ2) is 6.28. The highest BCUT2D eigenvalue weighted by Crippen LogP contribution is 2.40. The van der Waals surface area contributed by atoms with Crippen LogP contribution >= 0.6 is 0 Å². The van der Waals surface area contributed by atoms with Gasteiger partial charge in [-0.05, 0) is 73.3 Å². The van der Waals surface area contributed by atoms with Crippen LogP contribution in [0.15, 0.2) is 12.1 Å². The van der Waals surface area contributed by atoms with E-state index in [4.69, 9.17) is 0 Å². The van der Waals surface area contributed by atoms with Crippen LogP contribution in [0.25, 0.3) is 0 Å². The fourth-order valence-corrected chi connectivity index (χ4v) is 4.40. The van der Waals surface area contributed by atoms with E-state index in [-0.39, 0.29) is 5.82 Å². The normalized spacial score (nSPS) is 22.1. The molecule has 2 saturated carbocycles. The van der Waals surface area contributed by atoms with E-state index in [0.29, 0.717) is 11.8 Å². The monoisotopic (exact) mass is 274 g/mol. The van der Waals surface area contributed by atoms with Crippen molar-refractivity contribution in [3.63, 3.8) is 0 Å². The first-order valence-electron chi connectivity index (χ1n) is 8.55. The zero-order valence-corrected chi connectivity index (χ0v) is 12.8. The topological polar surface area (TPSA) is 0 Å². The van der Waals surface area contributed by atoms with Gasteiger partial charge >= 0.3 is 0 Å². The summed E-state index contributed by atoms with van der Waals surface area (Å²) in [5.74, 6) is 1.22. The van der Waals surface area contributed by atoms with Gasteiger partial charge in [0.25, 0.3) is 0 Å². The lowest BCUT2D eigenvalue weighted by molar-refractivity contribution is 0.430. The molecule has 3 rings (SSSR count). The Bertz CT molecular complexity index is 412. The van der Waals surface area contributed by atoms with Gasteiger partial charge < -0.3 is 0 Å². The van der Waals surface area contributed by atoms with Gasteiger partial charge in [-0.1, -0.05) is 38.5 Å². The van der Waals surface area contributed by atoms with Gasteiger partial charge in [-0.25, -0.2) is 4.39 Å². The van der Waals surface area contributed by atoms with E-state index in [2.05, 4.69) is 6.92 Å². The van der Waals surface area contributed by atoms with Crippen LogP contribution in [0.1, 0.15) is 92.7 Å². The zero-order valence-electron chi connectivity index (χ0n) is 12.8. The summed E-state index contributed by atoms with van der Waals surface area (Å²) in [6, 6.07) is 3.66. The van der Waals surface area contributed by atoms with E-state index in [9.17, 15) is 4.39 Å². The molecule has 110 valence electrons. The van der Waals surface area contributed by atoms with Crippen LogP contribution < -0.4 is 0 Å². The largest absolute Gasteiger partial charge is 0.207 e. The predicted octanol–water partition coefficient (Wildman–Crippen LogP) is 6.23. The third-order valence-corrected chi connectivity index (χ3v) is 5.54. The third kappa shape index (κ3) is 2.92. The minimum absolute atomic E-state index is 0.00301. The van der Waals surface area contributed by atoms with Crippen LogP contribution in [0.3, 0.4) is 0 Å². The van der Waals surface area contributed by atoms with Gasteiger partial charge in [-0.15, -0.1) is 0 Å². The van der Waals surface area contributed by atoms with Gasteiger partial charge in [0, 0.05) is 0 Å². The third-order valence-electron chi connectivity index (χ3n) is 5.54. The zero-order chi connectivity index (χ0) is 13.9. The fraction of sp³-hybridized carbons (Fsp3) is 0.684. The molecule has 20 heavy (non-hydrogen) atoms. The van der Waals surface area contributed by atoms with E-state index < -0.39 is 0 Å². The Labute approximate surface area is 122 Å². The molecule has 0 saturated heterocycles. The number of benzene rings is 1. The van der Waals surface area contributed by atoms with E-state index in [1.807, 2.05) is 12.1 Å². The number of hydrogen-bond donors (Lipinski definition) is 0. The molecule has 0 nitrogen and oxygen atoms in total. The van der Waals surface area contributed by atoms with Crippen molar-refractivity contribution in [3.8, 4) is 0 Å². The standard InChI is InChI=1S/C19H27F/c1-14-18(15-8-4-2-5-9-15)12-17(20)13-19(14)16-10-6-3-7-11-16/h12-13,15-16H,2-11H2,1H3. The summed E-state index contributed by atoms with van der Waals surface area (Å²) in [5, 5.41) is 0. The molecule has 2 aliphatic rings. The summed E-state index contributed by atoms with van der Waals surface area (Å²) in [4.78, 5) is 0. The van der Waals surface area contributed by atoms with Crippen LogP contribution in [0.4, 0.5) is 4.39 Å². The average Bonchev–Trinajstić information content (AvgIpc) is 2.51. The van der Waals surface area contributed by atoms with E-state index >= 15 is 0 Å². The van der Waals surface area contributed by atoms with Gasteiger partial charge in [0.15, 0.2) is 0 Å². The Balaban J connectivity index is 1.91. The fourth-order valence-electron chi connectivity index (χ4n) is 4.40. The van der Waals surface area contributed by atoms with Crippen LogP contribution in [0, 0.1) is 12.7 Å². The van der Waals surface area contributed by atoms with Crippen molar-refractivity contribution < 1.29 is 4.39 Å². The first kappa shape index (κ1) is 14.1. The summed E-state index contributed by atoms with van der Waals surface area (Å²) in [6.45, 7) is 2.24. The van der Waals surface area contributed by atoms with Crippen molar-refractivity contribution in [2.75, 3.05) is 0 Å². The van der Waals surface area contributed by atoms with Gasteiger partial charge in [0.1, 0.15) is 5.82 Å². The highest BCUT2D eigenvalue weighted by molar-refractivity contribution is 5.39. The molecule has 1 aromatic carbocycles. The molecule has 0 unspecified atom stereocenters. The molecule has 0 aromatic heterocycles. The second-order valence-corrected chi connectivity index (χ2v) is 6.88. The Morgan fingerprint density at radius 1 is 0.750 bits per heavy atom. The smallest absolute Gasteiger partial charge is 0.123 e. The van der Waals surface area contributed by atoms with Crippen LogP contribution in [-0.2, 0) is 0 Å². The molecule has 0 heterocycles. The van der Waals surface area contributed by atoms with Crippen molar-refractivity contribution in [3.05, 3.63) is 34.6 Å². The number of hydrogen-bond acceptors (Lipinski definition) is 0. The molecule has 1 heteroatoms. The van der Waals surface area contributed by atoms with E-state index in [1.165, 1.54) is 80.9 Å². The molecule has 0 N–H and O–H groups in total. The second-order valence-electron chi connectivity index (χ2n) is 6.88. The Kier molecular flexibility index (Phi) is 4.43. The molecular weight excluding hydrogens is 247 g/mol. The predicted molar refractivity (Wildman–Crippen MR) is 82.8 cm³/mol. The van der Waals surface area contributed by atoms with Crippen LogP contribution in [-0.4, -0.2) is 0 Å². The van der Waals surface area contributed by atoms with Crippen LogP contribution in [0.2, 0.25) is 0 Å². The van der Waals surface area contributed by atoms with Crippen molar-refractivity contribution in [1.29, 1.82) is 0 Å². The lowest BCUT2D eigenvalue weighted by atomic mass is 9.77. The highest BCUT2D eigenvalue weighted by Gasteiger charge is 2.23. The quantitative estimate of drug-likeness (QED) is 0.599. The highest BCUT2D eigenvalue weighted by atomic mass is 19.1. The first-order chi connectivity index (χ1) is 9.75. The molecule has 0 amide bonds. The molecule has 1 aromatic rings. The maximum atomic E-state index is 14.1. The van der Waals surface area contributed by atoms with Gasteiger partial charge in [0.2, 0.25) is 0 Å². The van der Waals surface area contributed by atoms with E-state index in [1.54, 1.807) is 0 Å². The van der Waals surface area contributed by atoms with Crippen molar-refractivity contribution in [2.45, 2.75) is 83.0 Å². The van der Waals surface area contributed by atoms with Gasteiger partial charge in [0.05, 0.1) is 0 Å². The lowest BCUT2D eigenvalue weighted by Crippen LogP contribution is -2.12.